The topological polar surface area (TPSA) is 63.6 Å². The van der Waals surface area contributed by atoms with Crippen molar-refractivity contribution in [2.75, 3.05) is 13.2 Å². The summed E-state index contributed by atoms with van der Waals surface area (Å²) in [6.45, 7) is 0.418. The first-order valence-corrected chi connectivity index (χ1v) is 3.34. The number of nitrogens with zero attached hydrogens (tertiary/aromatic N) is 1. The van der Waals surface area contributed by atoms with E-state index >= 15 is 0 Å². The highest BCUT2D eigenvalue weighted by Crippen LogP contribution is 2.15. The van der Waals surface area contributed by atoms with E-state index in [9.17, 15) is 9.90 Å². The maximum atomic E-state index is 10.3. The van der Waals surface area contributed by atoms with Gasteiger partial charge in [-0.05, 0) is 12.8 Å². The summed E-state index contributed by atoms with van der Waals surface area (Å²) in [6, 6.07) is -0.218. The van der Waals surface area contributed by atoms with E-state index in [4.69, 9.17) is 5.11 Å². The molecule has 0 radical (unpaired) electrons. The van der Waals surface area contributed by atoms with Crippen LogP contribution in [0, 0.1) is 0 Å². The van der Waals surface area contributed by atoms with Crippen LogP contribution in [0.3, 0.4) is 0 Å². The highest BCUT2D eigenvalue weighted by atomic mass is 16.4. The Balaban J connectivity index is 2.50. The third-order valence-electron chi connectivity index (χ3n) is 1.82. The molecule has 1 aliphatic heterocycles. The van der Waals surface area contributed by atoms with E-state index in [0.29, 0.717) is 6.54 Å². The van der Waals surface area contributed by atoms with Crippen molar-refractivity contribution in [2.24, 2.45) is 0 Å². The molecule has 0 aromatic rings. The molecule has 0 bridgehead atoms. The number of carboxylic acid groups (broad SMARTS) is 1. The normalized spacial score (nSPS) is 25.3. The van der Waals surface area contributed by atoms with E-state index < -0.39 is 6.09 Å². The molecule has 0 spiro atoms. The minimum Gasteiger partial charge on any atom is -0.530 e. The fourth-order valence-electron chi connectivity index (χ4n) is 1.27. The number of hydrogen-bond acceptors (Lipinski definition) is 3. The van der Waals surface area contributed by atoms with Crippen molar-refractivity contribution in [2.45, 2.75) is 18.9 Å². The molecule has 1 saturated heterocycles. The third-order valence-corrected chi connectivity index (χ3v) is 1.82. The molecule has 4 heteroatoms. The summed E-state index contributed by atoms with van der Waals surface area (Å²) in [5.41, 5.74) is 0. The largest absolute Gasteiger partial charge is 0.530 e. The lowest BCUT2D eigenvalue weighted by Crippen LogP contribution is -2.45. The van der Waals surface area contributed by atoms with Crippen molar-refractivity contribution < 1.29 is 15.0 Å². The molecule has 1 fully saturated rings. The first-order chi connectivity index (χ1) is 4.75. The van der Waals surface area contributed by atoms with Gasteiger partial charge in [0.05, 0.1) is 12.6 Å². The Morgan fingerprint density at radius 2 is 2.50 bits per heavy atom. The summed E-state index contributed by atoms with van der Waals surface area (Å²) in [5.74, 6) is 0. The predicted octanol–water partition coefficient (Wildman–Crippen LogP) is -1.21. The van der Waals surface area contributed by atoms with Gasteiger partial charge in [0, 0.05) is 6.54 Å². The number of amides is 1. The van der Waals surface area contributed by atoms with Crippen LogP contribution < -0.4 is 5.11 Å². The van der Waals surface area contributed by atoms with Crippen LogP contribution >= 0.6 is 0 Å². The van der Waals surface area contributed by atoms with Gasteiger partial charge in [-0.1, -0.05) is 0 Å². The molecule has 4 nitrogen and oxygen atoms in total. The molecule has 0 aromatic carbocycles. The fraction of sp³-hybridized carbons (Fsp3) is 0.833. The Morgan fingerprint density at radius 3 is 2.90 bits per heavy atom. The van der Waals surface area contributed by atoms with Crippen LogP contribution in [0.1, 0.15) is 12.8 Å². The van der Waals surface area contributed by atoms with Gasteiger partial charge in [0.15, 0.2) is 0 Å². The third kappa shape index (κ3) is 1.21. The number of carbonyl (C=O) groups excluding carboxylic acids is 1. The number of carbonyl (C=O) groups is 1. The van der Waals surface area contributed by atoms with Crippen LogP contribution in [0.15, 0.2) is 0 Å². The molecule has 1 atom stereocenters. The van der Waals surface area contributed by atoms with E-state index in [0.717, 1.165) is 12.8 Å². The average molecular weight is 144 g/mol. The first-order valence-electron chi connectivity index (χ1n) is 3.34. The van der Waals surface area contributed by atoms with E-state index in [1.54, 1.807) is 0 Å². The van der Waals surface area contributed by atoms with Crippen molar-refractivity contribution >= 4 is 6.09 Å². The quantitative estimate of drug-likeness (QED) is 0.502. The second kappa shape index (κ2) is 2.88. The molecule has 1 amide bonds. The zero-order valence-corrected chi connectivity index (χ0v) is 5.62. The Hall–Kier alpha value is -0.770. The van der Waals surface area contributed by atoms with Gasteiger partial charge in [-0.15, -0.1) is 0 Å². The number of aliphatic hydroxyl groups excluding tert-OH is 1. The zero-order valence-electron chi connectivity index (χ0n) is 5.62. The lowest BCUT2D eigenvalue weighted by molar-refractivity contribution is -0.266. The van der Waals surface area contributed by atoms with Gasteiger partial charge in [-0.3, -0.25) is 0 Å². The highest BCUT2D eigenvalue weighted by Gasteiger charge is 2.22. The van der Waals surface area contributed by atoms with Gasteiger partial charge in [-0.25, -0.2) is 0 Å². The van der Waals surface area contributed by atoms with E-state index in [1.165, 1.54) is 4.90 Å². The molecular weight excluding hydrogens is 134 g/mol. The molecular formula is C6H10NO3-. The van der Waals surface area contributed by atoms with Crippen LogP contribution in [-0.2, 0) is 0 Å². The number of likely N-dealkylation sites (tertiary alicyclic amines) is 1. The molecule has 0 saturated carbocycles. The maximum absolute atomic E-state index is 10.3. The monoisotopic (exact) mass is 144 g/mol. The minimum absolute atomic E-state index is 0.0893. The van der Waals surface area contributed by atoms with Crippen molar-refractivity contribution in [3.05, 3.63) is 0 Å². The summed E-state index contributed by atoms with van der Waals surface area (Å²) in [4.78, 5) is 11.5. The molecule has 0 aliphatic carbocycles. The second-order valence-corrected chi connectivity index (χ2v) is 2.44. The lowest BCUT2D eigenvalue weighted by Gasteiger charge is -2.24. The SMILES string of the molecule is O=C([O-])N1CCC[C@H]1CO. The Morgan fingerprint density at radius 1 is 1.80 bits per heavy atom. The Labute approximate surface area is 59.1 Å². The molecule has 58 valence electrons. The van der Waals surface area contributed by atoms with Crippen LogP contribution in [0.2, 0.25) is 0 Å². The van der Waals surface area contributed by atoms with Crippen molar-refractivity contribution in [3.63, 3.8) is 0 Å². The summed E-state index contributed by atoms with van der Waals surface area (Å²) in [6.07, 6.45) is 0.417. The van der Waals surface area contributed by atoms with Crippen molar-refractivity contribution in [3.8, 4) is 0 Å². The molecule has 0 aromatic heterocycles. The number of hydrogen-bond donors (Lipinski definition) is 1. The zero-order chi connectivity index (χ0) is 7.56. The molecule has 1 aliphatic rings. The standard InChI is InChI=1S/C6H11NO3/c8-4-5-2-1-3-7(5)6(9)10/h5,8H,1-4H2,(H,9,10)/p-1/t5-/m0/s1. The average Bonchev–Trinajstić information content (AvgIpc) is 2.33. The second-order valence-electron chi connectivity index (χ2n) is 2.44. The minimum atomic E-state index is -1.17. The van der Waals surface area contributed by atoms with Crippen LogP contribution in [0.4, 0.5) is 4.79 Å². The first kappa shape index (κ1) is 7.34. The fourth-order valence-corrected chi connectivity index (χ4v) is 1.27. The van der Waals surface area contributed by atoms with Crippen molar-refractivity contribution in [1.82, 2.24) is 4.90 Å². The van der Waals surface area contributed by atoms with Gasteiger partial charge < -0.3 is 19.9 Å². The summed E-state index contributed by atoms with van der Waals surface area (Å²) in [5, 5.41) is 18.9. The molecule has 0 unspecified atom stereocenters. The summed E-state index contributed by atoms with van der Waals surface area (Å²) >= 11 is 0. The van der Waals surface area contributed by atoms with Crippen molar-refractivity contribution in [1.29, 1.82) is 0 Å². The summed E-state index contributed by atoms with van der Waals surface area (Å²) < 4.78 is 0. The smallest absolute Gasteiger partial charge is 0.137 e. The Kier molecular flexibility index (Phi) is 2.11. The van der Waals surface area contributed by atoms with E-state index in [-0.39, 0.29) is 12.6 Å². The molecule has 1 heterocycles. The van der Waals surface area contributed by atoms with E-state index in [2.05, 4.69) is 0 Å². The summed E-state index contributed by atoms with van der Waals surface area (Å²) in [7, 11) is 0. The number of rotatable bonds is 1. The van der Waals surface area contributed by atoms with Gasteiger partial charge in [0.25, 0.3) is 0 Å². The van der Waals surface area contributed by atoms with Gasteiger partial charge in [-0.2, -0.15) is 0 Å². The van der Waals surface area contributed by atoms with Gasteiger partial charge in [0.1, 0.15) is 6.09 Å². The molecule has 1 N–H and O–H groups in total. The van der Waals surface area contributed by atoms with Gasteiger partial charge >= 0.3 is 0 Å². The van der Waals surface area contributed by atoms with E-state index in [1.807, 2.05) is 0 Å². The van der Waals surface area contributed by atoms with Crippen LogP contribution in [0.5, 0.6) is 0 Å². The number of aliphatic hydroxyl groups is 1. The molecule has 10 heavy (non-hydrogen) atoms. The van der Waals surface area contributed by atoms with Gasteiger partial charge in [0.2, 0.25) is 0 Å². The lowest BCUT2D eigenvalue weighted by atomic mass is 10.2. The highest BCUT2D eigenvalue weighted by molar-refractivity contribution is 5.63. The Bertz CT molecular complexity index is 137. The predicted molar refractivity (Wildman–Crippen MR) is 32.2 cm³/mol. The maximum Gasteiger partial charge on any atom is 0.137 e. The molecule has 1 rings (SSSR count). The van der Waals surface area contributed by atoms with Crippen LogP contribution in [-0.4, -0.2) is 35.3 Å². The van der Waals surface area contributed by atoms with Crippen LogP contribution in [0.25, 0.3) is 0 Å².